The lowest BCUT2D eigenvalue weighted by molar-refractivity contribution is 0.254. The molecule has 0 aromatic heterocycles. The summed E-state index contributed by atoms with van der Waals surface area (Å²) >= 11 is 0. The van der Waals surface area contributed by atoms with Crippen LogP contribution >= 0.6 is 0 Å². The Morgan fingerprint density at radius 2 is 2.12 bits per heavy atom. The summed E-state index contributed by atoms with van der Waals surface area (Å²) in [5.74, 6) is 0.842. The summed E-state index contributed by atoms with van der Waals surface area (Å²) in [7, 11) is 3.12. The number of para-hydroxylation sites is 1. The van der Waals surface area contributed by atoms with Crippen molar-refractivity contribution in [1.29, 1.82) is 5.26 Å². The maximum Gasteiger partial charge on any atom is 0.163 e. The summed E-state index contributed by atoms with van der Waals surface area (Å²) < 4.78 is 10.4. The van der Waals surface area contributed by atoms with Gasteiger partial charge in [-0.15, -0.1) is 0 Å². The maximum absolute atomic E-state index is 8.98. The number of hydrogen-bond acceptors (Lipinski definition) is 4. The van der Waals surface area contributed by atoms with Crippen molar-refractivity contribution in [3.63, 3.8) is 0 Å². The average molecular weight is 221 g/mol. The van der Waals surface area contributed by atoms with Gasteiger partial charge in [0.2, 0.25) is 0 Å². The molecule has 16 heavy (non-hydrogen) atoms. The molecule has 0 aliphatic carbocycles. The molecule has 86 valence electrons. The van der Waals surface area contributed by atoms with E-state index in [0.29, 0.717) is 17.9 Å². The SMILES string of the molecule is COc1cccc(CC(C#N)CO)c1OC. The van der Waals surface area contributed by atoms with E-state index in [1.165, 1.54) is 0 Å². The van der Waals surface area contributed by atoms with Crippen molar-refractivity contribution >= 4 is 0 Å². The van der Waals surface area contributed by atoms with Crippen LogP contribution in [0.4, 0.5) is 0 Å². The van der Waals surface area contributed by atoms with Gasteiger partial charge >= 0.3 is 0 Å². The van der Waals surface area contributed by atoms with Crippen LogP contribution in [0.25, 0.3) is 0 Å². The van der Waals surface area contributed by atoms with Gasteiger partial charge in [0, 0.05) is 0 Å². The normalized spacial score (nSPS) is 11.6. The lowest BCUT2D eigenvalue weighted by Crippen LogP contribution is -2.08. The third-order valence-electron chi connectivity index (χ3n) is 2.35. The van der Waals surface area contributed by atoms with Gasteiger partial charge in [0.05, 0.1) is 32.8 Å². The molecule has 1 N–H and O–H groups in total. The van der Waals surface area contributed by atoms with E-state index >= 15 is 0 Å². The van der Waals surface area contributed by atoms with E-state index in [1.54, 1.807) is 20.3 Å². The largest absolute Gasteiger partial charge is 0.493 e. The second-order valence-corrected chi connectivity index (χ2v) is 3.37. The van der Waals surface area contributed by atoms with Crippen LogP contribution < -0.4 is 9.47 Å². The molecule has 1 unspecified atom stereocenters. The number of ether oxygens (including phenoxy) is 2. The van der Waals surface area contributed by atoms with Crippen molar-refractivity contribution in [2.24, 2.45) is 5.92 Å². The Kier molecular flexibility index (Phi) is 4.62. The van der Waals surface area contributed by atoms with Gasteiger partial charge in [-0.2, -0.15) is 5.26 Å². The van der Waals surface area contributed by atoms with Crippen LogP contribution in [0.5, 0.6) is 11.5 Å². The zero-order chi connectivity index (χ0) is 12.0. The van der Waals surface area contributed by atoms with Crippen LogP contribution in [0, 0.1) is 17.2 Å². The summed E-state index contributed by atoms with van der Waals surface area (Å²) in [6.45, 7) is -0.156. The fourth-order valence-corrected chi connectivity index (χ4v) is 1.53. The number of methoxy groups -OCH3 is 2. The summed E-state index contributed by atoms with van der Waals surface area (Å²) in [6, 6.07) is 7.54. The van der Waals surface area contributed by atoms with Crippen molar-refractivity contribution in [2.75, 3.05) is 20.8 Å². The van der Waals surface area contributed by atoms with Gasteiger partial charge in [-0.3, -0.25) is 0 Å². The molecule has 0 fully saturated rings. The van der Waals surface area contributed by atoms with Crippen molar-refractivity contribution < 1.29 is 14.6 Å². The standard InChI is InChI=1S/C12H15NO3/c1-15-11-5-3-4-10(12(11)16-2)6-9(7-13)8-14/h3-5,9,14H,6,8H2,1-2H3. The van der Waals surface area contributed by atoms with E-state index in [1.807, 2.05) is 18.2 Å². The topological polar surface area (TPSA) is 62.5 Å². The maximum atomic E-state index is 8.98. The Morgan fingerprint density at radius 1 is 1.38 bits per heavy atom. The van der Waals surface area contributed by atoms with E-state index in [9.17, 15) is 0 Å². The molecule has 0 amide bonds. The van der Waals surface area contributed by atoms with Crippen molar-refractivity contribution in [3.8, 4) is 17.6 Å². The second-order valence-electron chi connectivity index (χ2n) is 3.37. The number of hydrogen-bond donors (Lipinski definition) is 1. The number of nitriles is 1. The first-order chi connectivity index (χ1) is 7.76. The van der Waals surface area contributed by atoms with Crippen molar-refractivity contribution in [3.05, 3.63) is 23.8 Å². The van der Waals surface area contributed by atoms with Crippen molar-refractivity contribution in [1.82, 2.24) is 0 Å². The molecule has 0 spiro atoms. The molecular formula is C12H15NO3. The third kappa shape index (κ3) is 2.65. The third-order valence-corrected chi connectivity index (χ3v) is 2.35. The van der Waals surface area contributed by atoms with Crippen LogP contribution in [0.1, 0.15) is 5.56 Å². The molecule has 0 bridgehead atoms. The Balaban J connectivity index is 2.99. The number of aliphatic hydroxyl groups is 1. The quantitative estimate of drug-likeness (QED) is 0.815. The molecule has 0 radical (unpaired) electrons. The minimum atomic E-state index is -0.416. The van der Waals surface area contributed by atoms with Crippen LogP contribution in [0.15, 0.2) is 18.2 Å². The van der Waals surface area contributed by atoms with Gasteiger partial charge < -0.3 is 14.6 Å². The van der Waals surface area contributed by atoms with E-state index in [2.05, 4.69) is 0 Å². The zero-order valence-electron chi connectivity index (χ0n) is 9.43. The molecule has 0 aliphatic rings. The molecule has 1 aromatic carbocycles. The smallest absolute Gasteiger partial charge is 0.163 e. The lowest BCUT2D eigenvalue weighted by atomic mass is 10.0. The molecule has 1 aromatic rings. The minimum absolute atomic E-state index is 0.156. The van der Waals surface area contributed by atoms with Crippen LogP contribution in [-0.4, -0.2) is 25.9 Å². The zero-order valence-corrected chi connectivity index (χ0v) is 9.43. The molecular weight excluding hydrogens is 206 g/mol. The highest BCUT2D eigenvalue weighted by atomic mass is 16.5. The van der Waals surface area contributed by atoms with E-state index in [4.69, 9.17) is 19.8 Å². The molecule has 0 aliphatic heterocycles. The molecule has 0 saturated heterocycles. The first-order valence-corrected chi connectivity index (χ1v) is 4.97. The van der Waals surface area contributed by atoms with Gasteiger partial charge in [0.25, 0.3) is 0 Å². The molecule has 1 atom stereocenters. The van der Waals surface area contributed by atoms with Gasteiger partial charge in [0.15, 0.2) is 11.5 Å². The predicted molar refractivity (Wildman–Crippen MR) is 59.4 cm³/mol. The van der Waals surface area contributed by atoms with Gasteiger partial charge in [0.1, 0.15) is 0 Å². The Morgan fingerprint density at radius 3 is 2.62 bits per heavy atom. The Hall–Kier alpha value is -1.73. The number of benzene rings is 1. The van der Waals surface area contributed by atoms with Gasteiger partial charge in [-0.1, -0.05) is 12.1 Å². The summed E-state index contributed by atoms with van der Waals surface area (Å²) in [5.41, 5.74) is 0.863. The van der Waals surface area contributed by atoms with Crippen LogP contribution in [0.3, 0.4) is 0 Å². The molecule has 4 heteroatoms. The van der Waals surface area contributed by atoms with Gasteiger partial charge in [-0.05, 0) is 18.1 Å². The number of nitrogens with zero attached hydrogens (tertiary/aromatic N) is 1. The minimum Gasteiger partial charge on any atom is -0.493 e. The first-order valence-electron chi connectivity index (χ1n) is 4.97. The summed E-state index contributed by atoms with van der Waals surface area (Å²) in [5, 5.41) is 17.8. The highest BCUT2D eigenvalue weighted by Crippen LogP contribution is 2.31. The lowest BCUT2D eigenvalue weighted by Gasteiger charge is -2.13. The van der Waals surface area contributed by atoms with Crippen LogP contribution in [0.2, 0.25) is 0 Å². The summed E-state index contributed by atoms with van der Waals surface area (Å²) in [6.07, 6.45) is 0.452. The first kappa shape index (κ1) is 12.3. The van der Waals surface area contributed by atoms with Gasteiger partial charge in [-0.25, -0.2) is 0 Å². The fraction of sp³-hybridized carbons (Fsp3) is 0.417. The monoisotopic (exact) mass is 221 g/mol. The van der Waals surface area contributed by atoms with Crippen molar-refractivity contribution in [2.45, 2.75) is 6.42 Å². The van der Waals surface area contributed by atoms with E-state index in [-0.39, 0.29) is 6.61 Å². The molecule has 1 rings (SSSR count). The Bertz CT molecular complexity index is 384. The summed E-state index contributed by atoms with van der Waals surface area (Å²) in [4.78, 5) is 0. The highest BCUT2D eigenvalue weighted by Gasteiger charge is 2.14. The van der Waals surface area contributed by atoms with E-state index < -0.39 is 5.92 Å². The molecule has 0 saturated carbocycles. The van der Waals surface area contributed by atoms with Crippen LogP contribution in [-0.2, 0) is 6.42 Å². The fourth-order valence-electron chi connectivity index (χ4n) is 1.53. The average Bonchev–Trinajstić information content (AvgIpc) is 2.35. The Labute approximate surface area is 95.0 Å². The second kappa shape index (κ2) is 5.99. The predicted octanol–water partition coefficient (Wildman–Crippen LogP) is 1.38. The van der Waals surface area contributed by atoms with E-state index in [0.717, 1.165) is 5.56 Å². The number of aliphatic hydroxyl groups excluding tert-OH is 1. The highest BCUT2D eigenvalue weighted by molar-refractivity contribution is 5.46. The molecule has 4 nitrogen and oxygen atoms in total. The number of rotatable bonds is 5. The molecule has 0 heterocycles.